The number of anilines is 1. The van der Waals surface area contributed by atoms with Crippen LogP contribution in [-0.2, 0) is 16.1 Å². The summed E-state index contributed by atoms with van der Waals surface area (Å²) in [5.41, 5.74) is 1.33. The molecule has 34 heavy (non-hydrogen) atoms. The molecule has 0 spiro atoms. The number of nitrogens with one attached hydrogen (secondary N) is 1. The Hall–Kier alpha value is -3.75. The van der Waals surface area contributed by atoms with Gasteiger partial charge >= 0.3 is 5.97 Å². The lowest BCUT2D eigenvalue weighted by Gasteiger charge is -2.15. The summed E-state index contributed by atoms with van der Waals surface area (Å²) in [6.07, 6.45) is 1.97. The number of carbonyl (C=O) groups excluding carboxylic acids is 4. The van der Waals surface area contributed by atoms with E-state index < -0.39 is 29.8 Å². The van der Waals surface area contributed by atoms with Crippen molar-refractivity contribution in [2.24, 2.45) is 0 Å². The molecule has 8 nitrogen and oxygen atoms in total. The Bertz CT molecular complexity index is 1310. The van der Waals surface area contributed by atoms with Crippen molar-refractivity contribution < 1.29 is 23.9 Å². The van der Waals surface area contributed by atoms with Gasteiger partial charge in [0.15, 0.2) is 6.10 Å². The van der Waals surface area contributed by atoms with Gasteiger partial charge in [-0.25, -0.2) is 4.79 Å². The molecule has 0 bridgehead atoms. The maximum absolute atomic E-state index is 12.8. The monoisotopic (exact) mass is 497 g/mol. The highest BCUT2D eigenvalue weighted by Crippen LogP contribution is 2.30. The van der Waals surface area contributed by atoms with Crippen molar-refractivity contribution >= 4 is 52.6 Å². The van der Waals surface area contributed by atoms with Gasteiger partial charge in [-0.15, -0.1) is 0 Å². The van der Waals surface area contributed by atoms with Gasteiger partial charge in [-0.3, -0.25) is 24.3 Å². The van der Waals surface area contributed by atoms with Gasteiger partial charge in [0.1, 0.15) is 0 Å². The highest BCUT2D eigenvalue weighted by atomic mass is 35.5. The number of nitrogens with zero attached hydrogens (tertiary/aromatic N) is 2. The number of hydrogen-bond donors (Lipinski definition) is 1. The predicted molar refractivity (Wildman–Crippen MR) is 125 cm³/mol. The molecule has 0 aliphatic carbocycles. The van der Waals surface area contributed by atoms with Crippen LogP contribution in [0.2, 0.25) is 10.0 Å². The Labute approximate surface area is 204 Å². The Morgan fingerprint density at radius 1 is 1.03 bits per heavy atom. The second-order valence-corrected chi connectivity index (χ2v) is 8.24. The van der Waals surface area contributed by atoms with E-state index in [4.69, 9.17) is 27.9 Å². The number of pyridine rings is 1. The van der Waals surface area contributed by atoms with Crippen LogP contribution in [0.15, 0.2) is 60.9 Å². The molecule has 0 saturated heterocycles. The van der Waals surface area contributed by atoms with Crippen molar-refractivity contribution in [2.75, 3.05) is 5.32 Å². The second kappa shape index (κ2) is 9.62. The van der Waals surface area contributed by atoms with Crippen LogP contribution in [0, 0.1) is 0 Å². The number of imide groups is 1. The molecule has 1 aliphatic rings. The average Bonchev–Trinajstić information content (AvgIpc) is 3.06. The van der Waals surface area contributed by atoms with Crippen molar-refractivity contribution in [3.63, 3.8) is 0 Å². The molecular weight excluding hydrogens is 481 g/mol. The smallest absolute Gasteiger partial charge is 0.338 e. The first-order valence-corrected chi connectivity index (χ1v) is 10.9. The molecular formula is C24H17Cl2N3O5. The number of esters is 1. The average molecular weight is 498 g/mol. The van der Waals surface area contributed by atoms with E-state index >= 15 is 0 Å². The van der Waals surface area contributed by atoms with Gasteiger partial charge in [0, 0.05) is 12.4 Å². The van der Waals surface area contributed by atoms with Crippen LogP contribution < -0.4 is 5.32 Å². The van der Waals surface area contributed by atoms with E-state index in [0.717, 1.165) is 10.5 Å². The van der Waals surface area contributed by atoms with Gasteiger partial charge in [-0.05, 0) is 55.0 Å². The van der Waals surface area contributed by atoms with Crippen LogP contribution in [0.4, 0.5) is 5.69 Å². The molecule has 0 saturated carbocycles. The molecule has 4 rings (SSSR count). The molecule has 1 aromatic heterocycles. The second-order valence-electron chi connectivity index (χ2n) is 7.45. The molecule has 0 fully saturated rings. The summed E-state index contributed by atoms with van der Waals surface area (Å²) in [5.74, 6) is -2.42. The summed E-state index contributed by atoms with van der Waals surface area (Å²) in [7, 11) is 0. The van der Waals surface area contributed by atoms with Crippen LogP contribution in [0.3, 0.4) is 0 Å². The van der Waals surface area contributed by atoms with Crippen LogP contribution in [0.5, 0.6) is 0 Å². The lowest BCUT2D eigenvalue weighted by Crippen LogP contribution is -2.30. The van der Waals surface area contributed by atoms with Crippen LogP contribution >= 0.6 is 23.2 Å². The van der Waals surface area contributed by atoms with Crippen LogP contribution in [0.25, 0.3) is 0 Å². The summed E-state index contributed by atoms with van der Waals surface area (Å²) in [6.45, 7) is 1.47. The van der Waals surface area contributed by atoms with E-state index in [2.05, 4.69) is 10.3 Å². The zero-order chi connectivity index (χ0) is 24.4. The third-order valence-electron chi connectivity index (χ3n) is 5.16. The van der Waals surface area contributed by atoms with E-state index in [1.165, 1.54) is 25.1 Å². The first-order chi connectivity index (χ1) is 16.3. The normalized spacial score (nSPS) is 13.4. The lowest BCUT2D eigenvalue weighted by atomic mass is 10.1. The van der Waals surface area contributed by atoms with E-state index in [-0.39, 0.29) is 39.0 Å². The van der Waals surface area contributed by atoms with Gasteiger partial charge in [0.05, 0.1) is 39.0 Å². The first-order valence-electron chi connectivity index (χ1n) is 10.1. The fourth-order valence-electron chi connectivity index (χ4n) is 3.35. The van der Waals surface area contributed by atoms with Gasteiger partial charge < -0.3 is 10.1 Å². The maximum Gasteiger partial charge on any atom is 0.338 e. The molecule has 3 amide bonds. The summed E-state index contributed by atoms with van der Waals surface area (Å²) < 4.78 is 5.24. The molecule has 2 heterocycles. The molecule has 3 aromatic rings. The minimum Gasteiger partial charge on any atom is -0.449 e. The summed E-state index contributed by atoms with van der Waals surface area (Å²) in [5, 5.41) is 2.97. The van der Waals surface area contributed by atoms with Gasteiger partial charge in [-0.2, -0.15) is 0 Å². The van der Waals surface area contributed by atoms with Crippen LogP contribution in [-0.4, -0.2) is 39.7 Å². The fraction of sp³-hybridized carbons (Fsp3) is 0.125. The number of amides is 3. The summed E-state index contributed by atoms with van der Waals surface area (Å²) in [6, 6.07) is 12.2. The molecule has 172 valence electrons. The first kappa shape index (κ1) is 23.4. The topological polar surface area (TPSA) is 106 Å². The van der Waals surface area contributed by atoms with Gasteiger partial charge in [0.2, 0.25) is 0 Å². The molecule has 1 atom stereocenters. The number of carbonyl (C=O) groups is 4. The standard InChI is InChI=1S/C24H17Cl2N3O5/c1-13(21(30)28-19-4-2-3-18(25)20(19)26)34-24(33)15-5-6-16-17(11-15)23(32)29(22(16)31)12-14-7-9-27-10-8-14/h2-11,13H,12H2,1H3,(H,28,30)/t13-/m0/s1. The SMILES string of the molecule is C[C@H](OC(=O)c1ccc2c(c1)C(=O)N(Cc1ccncc1)C2=O)C(=O)Nc1cccc(Cl)c1Cl. The summed E-state index contributed by atoms with van der Waals surface area (Å²) >= 11 is 12.0. The number of fused-ring (bicyclic) bond motifs is 1. The fourth-order valence-corrected chi connectivity index (χ4v) is 3.70. The van der Waals surface area contributed by atoms with Crippen LogP contribution in [0.1, 0.15) is 43.6 Å². The van der Waals surface area contributed by atoms with Gasteiger partial charge in [-0.1, -0.05) is 29.3 Å². The molecule has 1 aliphatic heterocycles. The van der Waals surface area contributed by atoms with E-state index in [9.17, 15) is 19.2 Å². The molecule has 10 heteroatoms. The van der Waals surface area contributed by atoms with Crippen molar-refractivity contribution in [1.82, 2.24) is 9.88 Å². The Morgan fingerprint density at radius 2 is 1.74 bits per heavy atom. The maximum atomic E-state index is 12.8. The van der Waals surface area contributed by atoms with E-state index in [0.29, 0.717) is 0 Å². The zero-order valence-electron chi connectivity index (χ0n) is 17.7. The third kappa shape index (κ3) is 4.64. The number of rotatable bonds is 6. The quantitative estimate of drug-likeness (QED) is 0.400. The Kier molecular flexibility index (Phi) is 6.63. The molecule has 0 radical (unpaired) electrons. The van der Waals surface area contributed by atoms with Crippen molar-refractivity contribution in [3.8, 4) is 0 Å². The number of ether oxygens (including phenoxy) is 1. The van der Waals surface area contributed by atoms with E-state index in [1.807, 2.05) is 0 Å². The minimum absolute atomic E-state index is 0.0334. The van der Waals surface area contributed by atoms with E-state index in [1.54, 1.807) is 42.7 Å². The van der Waals surface area contributed by atoms with Crippen molar-refractivity contribution in [1.29, 1.82) is 0 Å². The van der Waals surface area contributed by atoms with Crippen molar-refractivity contribution in [2.45, 2.75) is 19.6 Å². The lowest BCUT2D eigenvalue weighted by molar-refractivity contribution is -0.123. The van der Waals surface area contributed by atoms with Gasteiger partial charge in [0.25, 0.3) is 17.7 Å². The Morgan fingerprint density at radius 3 is 2.47 bits per heavy atom. The molecule has 2 aromatic carbocycles. The largest absolute Gasteiger partial charge is 0.449 e. The number of aromatic nitrogens is 1. The third-order valence-corrected chi connectivity index (χ3v) is 5.98. The minimum atomic E-state index is -1.17. The summed E-state index contributed by atoms with van der Waals surface area (Å²) in [4.78, 5) is 55.6. The molecule has 1 N–H and O–H groups in total. The number of hydrogen-bond acceptors (Lipinski definition) is 6. The predicted octanol–water partition coefficient (Wildman–Crippen LogP) is 4.37. The number of benzene rings is 2. The zero-order valence-corrected chi connectivity index (χ0v) is 19.3. The molecule has 0 unspecified atom stereocenters. The van der Waals surface area contributed by atoms with Crippen molar-refractivity contribution in [3.05, 3.63) is 93.2 Å². The highest BCUT2D eigenvalue weighted by molar-refractivity contribution is 6.44. The Balaban J connectivity index is 1.45. The highest BCUT2D eigenvalue weighted by Gasteiger charge is 2.36. The number of halogens is 2.